The van der Waals surface area contributed by atoms with E-state index in [1.807, 2.05) is 18.2 Å². The van der Waals surface area contributed by atoms with E-state index in [2.05, 4.69) is 22.6 Å². The van der Waals surface area contributed by atoms with E-state index >= 15 is 0 Å². The van der Waals surface area contributed by atoms with E-state index < -0.39 is 0 Å². The van der Waals surface area contributed by atoms with Crippen molar-refractivity contribution in [2.75, 3.05) is 0 Å². The minimum atomic E-state index is -0.287. The van der Waals surface area contributed by atoms with E-state index in [0.29, 0.717) is 11.5 Å². The molecule has 1 aliphatic carbocycles. The summed E-state index contributed by atoms with van der Waals surface area (Å²) in [7, 11) is 0. The summed E-state index contributed by atoms with van der Waals surface area (Å²) in [4.78, 5) is 11.5. The lowest BCUT2D eigenvalue weighted by Crippen LogP contribution is -3.33. The van der Waals surface area contributed by atoms with Gasteiger partial charge in [-0.2, -0.15) is 3.58 Å². The predicted octanol–water partition coefficient (Wildman–Crippen LogP) is -0.352. The second-order valence-electron chi connectivity index (χ2n) is 3.55. The van der Waals surface area contributed by atoms with E-state index in [0.717, 1.165) is 3.58 Å². The molecule has 1 saturated carbocycles. The van der Waals surface area contributed by atoms with Crippen LogP contribution in [-0.2, 0) is 4.74 Å². The maximum Gasteiger partial charge on any atom is 0.342 e. The number of rotatable bonds is 3. The van der Waals surface area contributed by atoms with E-state index in [-0.39, 0.29) is 5.97 Å². The van der Waals surface area contributed by atoms with Crippen molar-refractivity contribution >= 4 is 5.97 Å². The average Bonchev–Trinajstić information content (AvgIpc) is 3.10. The molecule has 15 heavy (non-hydrogen) atoms. The third kappa shape index (κ3) is 3.06. The zero-order valence-corrected chi connectivity index (χ0v) is 10.3. The molecule has 2 rings (SSSR count). The van der Waals surface area contributed by atoms with Gasteiger partial charge in [0.1, 0.15) is 0 Å². The van der Waals surface area contributed by atoms with Gasteiger partial charge < -0.3 is 27.3 Å². The molecule has 1 aliphatic rings. The Morgan fingerprint density at radius 2 is 2.00 bits per heavy atom. The number of allylic oxidation sites excluding steroid dienone is 1. The van der Waals surface area contributed by atoms with Crippen molar-refractivity contribution in [3.8, 4) is 0 Å². The number of benzene rings is 1. The highest BCUT2D eigenvalue weighted by atomic mass is 127. The molecule has 0 bridgehead atoms. The van der Waals surface area contributed by atoms with Crippen LogP contribution in [0.4, 0.5) is 0 Å². The summed E-state index contributed by atoms with van der Waals surface area (Å²) in [5.74, 6) is 0.347. The van der Waals surface area contributed by atoms with Gasteiger partial charge in [0.05, 0.1) is 11.8 Å². The van der Waals surface area contributed by atoms with E-state index in [1.54, 1.807) is 18.4 Å². The third-order valence-electron chi connectivity index (χ3n) is 2.26. The summed E-state index contributed by atoms with van der Waals surface area (Å²) in [5.41, 5.74) is 0.591. The van der Waals surface area contributed by atoms with Crippen LogP contribution in [0.5, 0.6) is 0 Å². The molecule has 0 aliphatic heterocycles. The van der Waals surface area contributed by atoms with Crippen LogP contribution in [0, 0.1) is 5.92 Å². The Hall–Kier alpha value is -0.840. The lowest BCUT2D eigenvalue weighted by atomic mass is 10.2. The molecule has 1 aromatic carbocycles. The summed E-state index contributed by atoms with van der Waals surface area (Å²) in [6.45, 7) is 0. The molecule has 2 nitrogen and oxygen atoms in total. The fourth-order valence-corrected chi connectivity index (χ4v) is 1.96. The fraction of sp³-hybridized carbons (Fsp3) is 0.250. The Morgan fingerprint density at radius 3 is 2.60 bits per heavy atom. The van der Waals surface area contributed by atoms with Crippen molar-refractivity contribution in [2.45, 2.75) is 12.8 Å². The van der Waals surface area contributed by atoms with E-state index in [4.69, 9.17) is 4.74 Å². The van der Waals surface area contributed by atoms with Crippen LogP contribution in [0.25, 0.3) is 0 Å². The molecule has 0 amide bonds. The highest BCUT2D eigenvalue weighted by molar-refractivity contribution is 5.89. The molecular weight excluding hydrogens is 303 g/mol. The second-order valence-corrected chi connectivity index (χ2v) is 4.79. The molecule has 1 fully saturated rings. The van der Waals surface area contributed by atoms with Gasteiger partial charge in [-0.25, -0.2) is 4.79 Å². The summed E-state index contributed by atoms with van der Waals surface area (Å²) in [6, 6.07) is 9.03. The van der Waals surface area contributed by atoms with Gasteiger partial charge in [-0.15, -0.1) is 0 Å². The van der Waals surface area contributed by atoms with Crippen molar-refractivity contribution in [3.05, 3.63) is 45.7 Å². The Morgan fingerprint density at radius 1 is 1.33 bits per heavy atom. The first-order chi connectivity index (χ1) is 7.27. The maximum absolute atomic E-state index is 11.5. The molecule has 0 atom stereocenters. The van der Waals surface area contributed by atoms with Gasteiger partial charge >= 0.3 is 5.97 Å². The average molecular weight is 314 g/mol. The minimum Gasteiger partial charge on any atom is -0.760 e. The number of hydrogen-bond donors (Lipinski definition) is 0. The summed E-state index contributed by atoms with van der Waals surface area (Å²) in [5, 5.41) is 0. The van der Waals surface area contributed by atoms with Crippen LogP contribution in [0.15, 0.2) is 40.2 Å². The largest absolute Gasteiger partial charge is 0.760 e. The van der Waals surface area contributed by atoms with Gasteiger partial charge in [0.2, 0.25) is 0 Å². The Bertz CT molecular complexity index is 380. The second kappa shape index (κ2) is 4.79. The lowest BCUT2D eigenvalue weighted by molar-refractivity contribution is -0.312. The van der Waals surface area contributed by atoms with Crippen molar-refractivity contribution in [3.63, 3.8) is 0 Å². The highest BCUT2D eigenvalue weighted by Crippen LogP contribution is 2.32. The van der Waals surface area contributed by atoms with E-state index in [1.165, 1.54) is 12.8 Å². The normalized spacial score (nSPS) is 16.2. The predicted molar refractivity (Wildman–Crippen MR) is 52.7 cm³/mol. The molecule has 0 saturated heterocycles. The van der Waals surface area contributed by atoms with Crippen molar-refractivity contribution in [1.82, 2.24) is 0 Å². The number of ether oxygens (including phenoxy) is 1. The van der Waals surface area contributed by atoms with E-state index in [9.17, 15) is 4.79 Å². The van der Waals surface area contributed by atoms with Crippen molar-refractivity contribution < 1.29 is 32.1 Å². The lowest BCUT2D eigenvalue weighted by Gasteiger charge is -2.09. The summed E-state index contributed by atoms with van der Waals surface area (Å²) >= 11 is 2.23. The van der Waals surface area contributed by atoms with Gasteiger partial charge in [-0.1, -0.05) is 18.2 Å². The SMILES string of the molecule is O=C(O/C=C(\[I-])C1CC1)c1ccccc1. The summed E-state index contributed by atoms with van der Waals surface area (Å²) in [6.07, 6.45) is 4.02. The van der Waals surface area contributed by atoms with Crippen LogP contribution < -0.4 is 22.6 Å². The molecule has 0 N–H and O–H groups in total. The van der Waals surface area contributed by atoms with Gasteiger partial charge in [-0.3, -0.25) is 0 Å². The highest BCUT2D eigenvalue weighted by Gasteiger charge is 2.19. The molecule has 3 heteroatoms. The molecule has 1 aromatic rings. The number of esters is 1. The standard InChI is InChI=1S/C12H11IO2/c13-11(9-6-7-9)8-15-12(14)10-4-2-1-3-5-10/h1-5,8-9H,6-7H2/q-1/b11-8-. The molecule has 1 radical (unpaired) electrons. The van der Waals surface area contributed by atoms with Crippen LogP contribution in [0.1, 0.15) is 23.2 Å². The number of carbonyl (C=O) groups excluding carboxylic acids is 1. The third-order valence-corrected chi connectivity index (χ3v) is 3.39. The van der Waals surface area contributed by atoms with Crippen LogP contribution in [0.3, 0.4) is 0 Å². The molecule has 0 heterocycles. The number of halogens is 1. The molecule has 0 unspecified atom stereocenters. The first-order valence-corrected chi connectivity index (χ1v) is 5.97. The number of carbonyl (C=O) groups is 1. The van der Waals surface area contributed by atoms with Crippen molar-refractivity contribution in [1.29, 1.82) is 0 Å². The summed E-state index contributed by atoms with van der Waals surface area (Å²) < 4.78 is 6.22. The van der Waals surface area contributed by atoms with Gasteiger partial charge in [0.25, 0.3) is 0 Å². The van der Waals surface area contributed by atoms with Crippen LogP contribution in [0.2, 0.25) is 0 Å². The van der Waals surface area contributed by atoms with Crippen LogP contribution >= 0.6 is 0 Å². The molecule has 0 spiro atoms. The zero-order valence-electron chi connectivity index (χ0n) is 8.15. The monoisotopic (exact) mass is 314 g/mol. The van der Waals surface area contributed by atoms with Gasteiger partial charge in [0, 0.05) is 0 Å². The van der Waals surface area contributed by atoms with Gasteiger partial charge in [-0.05, 0) is 30.9 Å². The Kier molecular flexibility index (Phi) is 3.41. The van der Waals surface area contributed by atoms with Crippen molar-refractivity contribution in [2.24, 2.45) is 5.92 Å². The Balaban J connectivity index is 1.95. The van der Waals surface area contributed by atoms with Gasteiger partial charge in [0.15, 0.2) is 0 Å². The smallest absolute Gasteiger partial charge is 0.342 e. The molecule has 0 aromatic heterocycles. The minimum absolute atomic E-state index is 0.287. The number of hydrogen-bond acceptors (Lipinski definition) is 2. The first kappa shape index (κ1) is 10.7. The molecule has 79 valence electrons. The fourth-order valence-electron chi connectivity index (χ4n) is 1.21. The Labute approximate surface area is 102 Å². The van der Waals surface area contributed by atoms with Crippen LogP contribution in [-0.4, -0.2) is 5.97 Å². The zero-order chi connectivity index (χ0) is 10.7. The molecular formula is C12H11IO2-. The quantitative estimate of drug-likeness (QED) is 0.433. The topological polar surface area (TPSA) is 26.3 Å². The first-order valence-electron chi connectivity index (χ1n) is 4.89. The maximum atomic E-state index is 11.5.